The number of hydrogen-bond acceptors (Lipinski definition) is 3. The van der Waals surface area contributed by atoms with Gasteiger partial charge in [0.25, 0.3) is 0 Å². The zero-order chi connectivity index (χ0) is 13.2. The van der Waals surface area contributed by atoms with E-state index in [0.717, 1.165) is 6.42 Å². The van der Waals surface area contributed by atoms with Gasteiger partial charge in [-0.3, -0.25) is 4.79 Å². The van der Waals surface area contributed by atoms with Crippen LogP contribution in [-0.4, -0.2) is 17.4 Å². The van der Waals surface area contributed by atoms with Gasteiger partial charge in [-0.25, -0.2) is 4.98 Å². The molecule has 0 fully saturated rings. The molecule has 1 rings (SSSR count). The molecular formula is C15H23NO2. The zero-order valence-corrected chi connectivity index (χ0v) is 11.4. The third-order valence-corrected chi connectivity index (χ3v) is 2.89. The summed E-state index contributed by atoms with van der Waals surface area (Å²) < 4.78 is 5.57. The van der Waals surface area contributed by atoms with Gasteiger partial charge >= 0.3 is 0 Å². The van der Waals surface area contributed by atoms with Crippen LogP contribution in [0.25, 0.3) is 0 Å². The van der Waals surface area contributed by atoms with Crippen molar-refractivity contribution in [2.45, 2.75) is 52.4 Å². The fraction of sp³-hybridized carbons (Fsp3) is 0.600. The van der Waals surface area contributed by atoms with Gasteiger partial charge in [0.15, 0.2) is 5.78 Å². The Morgan fingerprint density at radius 3 is 2.67 bits per heavy atom. The Labute approximate surface area is 110 Å². The second-order valence-electron chi connectivity index (χ2n) is 4.53. The van der Waals surface area contributed by atoms with Crippen LogP contribution in [0.2, 0.25) is 0 Å². The van der Waals surface area contributed by atoms with Crippen LogP contribution in [0.4, 0.5) is 0 Å². The number of aromatic nitrogens is 1. The van der Waals surface area contributed by atoms with Gasteiger partial charge < -0.3 is 4.74 Å². The Morgan fingerprint density at radius 2 is 1.94 bits per heavy atom. The lowest BCUT2D eigenvalue weighted by Crippen LogP contribution is -2.04. The van der Waals surface area contributed by atoms with Crippen LogP contribution < -0.4 is 4.74 Å². The van der Waals surface area contributed by atoms with Crippen molar-refractivity contribution in [2.75, 3.05) is 6.61 Å². The molecule has 1 aromatic rings. The number of carbonyl (C=O) groups is 1. The van der Waals surface area contributed by atoms with Gasteiger partial charge in [-0.1, -0.05) is 39.0 Å². The highest BCUT2D eigenvalue weighted by Crippen LogP contribution is 2.15. The van der Waals surface area contributed by atoms with E-state index in [1.807, 2.05) is 0 Å². The van der Waals surface area contributed by atoms with E-state index in [9.17, 15) is 4.79 Å². The molecule has 0 amide bonds. The molecule has 0 N–H and O–H groups in total. The standard InChI is InChI=1S/C15H23NO2/c1-3-4-5-6-7-8-12-18-15-14(13(2)17)10-9-11-16-15/h9-11H,3-8,12H2,1-2H3. The van der Waals surface area contributed by atoms with Crippen LogP contribution in [0.15, 0.2) is 18.3 Å². The van der Waals surface area contributed by atoms with E-state index in [2.05, 4.69) is 11.9 Å². The summed E-state index contributed by atoms with van der Waals surface area (Å²) in [4.78, 5) is 15.5. The maximum Gasteiger partial charge on any atom is 0.224 e. The van der Waals surface area contributed by atoms with Gasteiger partial charge in [-0.15, -0.1) is 0 Å². The molecule has 100 valence electrons. The van der Waals surface area contributed by atoms with E-state index >= 15 is 0 Å². The van der Waals surface area contributed by atoms with E-state index in [1.165, 1.54) is 39.0 Å². The molecule has 0 aliphatic heterocycles. The van der Waals surface area contributed by atoms with Crippen molar-refractivity contribution in [3.63, 3.8) is 0 Å². The Morgan fingerprint density at radius 1 is 1.22 bits per heavy atom. The number of rotatable bonds is 9. The van der Waals surface area contributed by atoms with Crippen LogP contribution in [-0.2, 0) is 0 Å². The number of hydrogen-bond donors (Lipinski definition) is 0. The molecule has 0 unspecified atom stereocenters. The second-order valence-corrected chi connectivity index (χ2v) is 4.53. The largest absolute Gasteiger partial charge is 0.477 e. The quantitative estimate of drug-likeness (QED) is 0.490. The molecule has 0 spiro atoms. The summed E-state index contributed by atoms with van der Waals surface area (Å²) in [5.74, 6) is 0.472. The molecule has 18 heavy (non-hydrogen) atoms. The predicted molar refractivity (Wildman–Crippen MR) is 73.1 cm³/mol. The van der Waals surface area contributed by atoms with Crippen molar-refractivity contribution in [3.05, 3.63) is 23.9 Å². The highest BCUT2D eigenvalue weighted by molar-refractivity contribution is 5.96. The molecule has 0 aliphatic carbocycles. The summed E-state index contributed by atoms with van der Waals surface area (Å²) in [5.41, 5.74) is 0.573. The number of nitrogens with zero attached hydrogens (tertiary/aromatic N) is 1. The topological polar surface area (TPSA) is 39.2 Å². The van der Waals surface area contributed by atoms with Gasteiger partial charge in [0, 0.05) is 6.20 Å². The molecule has 0 aliphatic rings. The van der Waals surface area contributed by atoms with Crippen LogP contribution in [0.3, 0.4) is 0 Å². The van der Waals surface area contributed by atoms with E-state index in [-0.39, 0.29) is 5.78 Å². The molecular weight excluding hydrogens is 226 g/mol. The van der Waals surface area contributed by atoms with Gasteiger partial charge in [-0.2, -0.15) is 0 Å². The molecule has 1 aromatic heterocycles. The van der Waals surface area contributed by atoms with Crippen molar-refractivity contribution < 1.29 is 9.53 Å². The fourth-order valence-electron chi connectivity index (χ4n) is 1.83. The summed E-state index contributed by atoms with van der Waals surface area (Å²) in [6, 6.07) is 3.51. The lowest BCUT2D eigenvalue weighted by molar-refractivity contribution is 0.101. The summed E-state index contributed by atoms with van der Waals surface area (Å²) in [5, 5.41) is 0. The number of ether oxygens (including phenoxy) is 1. The molecule has 0 bridgehead atoms. The van der Waals surface area contributed by atoms with Gasteiger partial charge in [0.05, 0.1) is 12.2 Å². The zero-order valence-electron chi connectivity index (χ0n) is 11.4. The summed E-state index contributed by atoms with van der Waals surface area (Å²) in [7, 11) is 0. The van der Waals surface area contributed by atoms with E-state index in [0.29, 0.717) is 18.1 Å². The SMILES string of the molecule is CCCCCCCCOc1ncccc1C(C)=O. The predicted octanol–water partition coefficient (Wildman–Crippen LogP) is 4.02. The minimum atomic E-state index is 0.000968. The third kappa shape index (κ3) is 5.30. The first-order valence-electron chi connectivity index (χ1n) is 6.84. The molecule has 0 saturated carbocycles. The lowest BCUT2D eigenvalue weighted by atomic mass is 10.1. The Balaban J connectivity index is 2.25. The maximum absolute atomic E-state index is 11.4. The number of ketones is 1. The summed E-state index contributed by atoms with van der Waals surface area (Å²) in [6.45, 7) is 4.39. The van der Waals surface area contributed by atoms with Crippen LogP contribution in [0.1, 0.15) is 62.7 Å². The van der Waals surface area contributed by atoms with E-state index < -0.39 is 0 Å². The number of unbranched alkanes of at least 4 members (excludes halogenated alkanes) is 5. The number of Topliss-reactive ketones (excluding diaryl/α,β-unsaturated/α-hetero) is 1. The minimum absolute atomic E-state index is 0.000968. The van der Waals surface area contributed by atoms with Crippen molar-refractivity contribution in [2.24, 2.45) is 0 Å². The van der Waals surface area contributed by atoms with Crippen molar-refractivity contribution >= 4 is 5.78 Å². The van der Waals surface area contributed by atoms with Crippen molar-refractivity contribution in [1.82, 2.24) is 4.98 Å². The molecule has 3 heteroatoms. The van der Waals surface area contributed by atoms with Crippen molar-refractivity contribution in [3.8, 4) is 5.88 Å². The Kier molecular flexibility index (Phi) is 7.07. The van der Waals surface area contributed by atoms with Crippen LogP contribution in [0.5, 0.6) is 5.88 Å². The van der Waals surface area contributed by atoms with Gasteiger partial charge in [0.1, 0.15) is 0 Å². The lowest BCUT2D eigenvalue weighted by Gasteiger charge is -2.08. The van der Waals surface area contributed by atoms with Crippen LogP contribution >= 0.6 is 0 Å². The van der Waals surface area contributed by atoms with Gasteiger partial charge in [-0.05, 0) is 25.5 Å². The Bertz CT molecular complexity index is 363. The average molecular weight is 249 g/mol. The molecule has 0 atom stereocenters. The Hall–Kier alpha value is -1.38. The molecule has 3 nitrogen and oxygen atoms in total. The second kappa shape index (κ2) is 8.67. The molecule has 1 heterocycles. The highest BCUT2D eigenvalue weighted by atomic mass is 16.5. The number of carbonyl (C=O) groups excluding carboxylic acids is 1. The summed E-state index contributed by atoms with van der Waals surface area (Å²) in [6.07, 6.45) is 9.02. The summed E-state index contributed by atoms with van der Waals surface area (Å²) >= 11 is 0. The van der Waals surface area contributed by atoms with Gasteiger partial charge in [0.2, 0.25) is 5.88 Å². The monoisotopic (exact) mass is 249 g/mol. The first-order valence-corrected chi connectivity index (χ1v) is 6.84. The van der Waals surface area contributed by atoms with Crippen LogP contribution in [0, 0.1) is 0 Å². The third-order valence-electron chi connectivity index (χ3n) is 2.89. The molecule has 0 saturated heterocycles. The fourth-order valence-corrected chi connectivity index (χ4v) is 1.83. The normalized spacial score (nSPS) is 10.3. The molecule has 0 aromatic carbocycles. The first kappa shape index (κ1) is 14.7. The van der Waals surface area contributed by atoms with E-state index in [4.69, 9.17) is 4.74 Å². The van der Waals surface area contributed by atoms with Crippen molar-refractivity contribution in [1.29, 1.82) is 0 Å². The highest BCUT2D eigenvalue weighted by Gasteiger charge is 2.08. The first-order chi connectivity index (χ1) is 8.75. The molecule has 0 radical (unpaired) electrons. The number of pyridine rings is 1. The maximum atomic E-state index is 11.4. The smallest absolute Gasteiger partial charge is 0.224 e. The average Bonchev–Trinajstić information content (AvgIpc) is 2.38. The minimum Gasteiger partial charge on any atom is -0.477 e. The van der Waals surface area contributed by atoms with E-state index in [1.54, 1.807) is 18.3 Å².